The summed E-state index contributed by atoms with van der Waals surface area (Å²) in [7, 11) is 0. The second-order valence-corrected chi connectivity index (χ2v) is 15.6. The van der Waals surface area contributed by atoms with Crippen LogP contribution in [0.5, 0.6) is 0 Å². The zero-order valence-corrected chi connectivity index (χ0v) is 29.5. The molecule has 0 bridgehead atoms. The van der Waals surface area contributed by atoms with E-state index in [0.29, 0.717) is 86.5 Å². The molecule has 2 atom stereocenters. The summed E-state index contributed by atoms with van der Waals surface area (Å²) in [6.45, 7) is 5.10. The van der Waals surface area contributed by atoms with Gasteiger partial charge in [0.1, 0.15) is 0 Å². The average Bonchev–Trinajstić information content (AvgIpc) is 3.08. The number of aromatic nitrogens is 3. The highest BCUT2D eigenvalue weighted by Gasteiger charge is 2.44. The number of carboxylic acid groups (broad SMARTS) is 1. The van der Waals surface area contributed by atoms with Crippen LogP contribution in [-0.2, 0) is 23.8 Å². The number of fused-ring (bicyclic) bond motifs is 1. The van der Waals surface area contributed by atoms with Gasteiger partial charge in [0.25, 0.3) is 0 Å². The van der Waals surface area contributed by atoms with Crippen molar-refractivity contribution in [2.24, 2.45) is 5.41 Å². The van der Waals surface area contributed by atoms with Gasteiger partial charge in [-0.1, -0.05) is 26.0 Å². The molecular formula is C39H46F6N4O3. The molecule has 13 heteroatoms. The number of aliphatic carboxylic acids is 1. The molecule has 2 N–H and O–H groups in total. The van der Waals surface area contributed by atoms with Crippen LogP contribution in [0, 0.1) is 5.41 Å². The van der Waals surface area contributed by atoms with Gasteiger partial charge in [-0.05, 0) is 97.9 Å². The molecule has 2 aromatic heterocycles. The Morgan fingerprint density at radius 3 is 2.19 bits per heavy atom. The number of unbranched alkanes of at least 4 members (excludes halogenated alkanes) is 1. The van der Waals surface area contributed by atoms with Gasteiger partial charge in [-0.2, -0.15) is 13.2 Å². The predicted molar refractivity (Wildman–Crippen MR) is 183 cm³/mol. The van der Waals surface area contributed by atoms with Crippen molar-refractivity contribution in [3.8, 4) is 0 Å². The van der Waals surface area contributed by atoms with Gasteiger partial charge in [-0.3, -0.25) is 9.78 Å². The van der Waals surface area contributed by atoms with Crippen LogP contribution in [0.25, 0.3) is 0 Å². The highest BCUT2D eigenvalue weighted by Crippen LogP contribution is 2.52. The first-order valence-corrected chi connectivity index (χ1v) is 18.2. The van der Waals surface area contributed by atoms with E-state index in [-0.39, 0.29) is 54.6 Å². The lowest BCUT2D eigenvalue weighted by atomic mass is 9.68. The Labute approximate surface area is 299 Å². The average molecular weight is 733 g/mol. The summed E-state index contributed by atoms with van der Waals surface area (Å²) < 4.78 is 86.5. The molecule has 0 amide bonds. The topological polar surface area (TPSA) is 99.4 Å². The van der Waals surface area contributed by atoms with Crippen LogP contribution < -0.4 is 4.90 Å². The summed E-state index contributed by atoms with van der Waals surface area (Å²) in [5.41, 5.74) is 2.03. The molecule has 6 rings (SSSR count). The summed E-state index contributed by atoms with van der Waals surface area (Å²) in [5.74, 6) is -3.85. The molecule has 3 heterocycles. The fourth-order valence-corrected chi connectivity index (χ4v) is 8.31. The number of aryl methyl sites for hydroxylation is 1. The molecular weight excluding hydrogens is 686 g/mol. The van der Waals surface area contributed by atoms with Gasteiger partial charge in [0.2, 0.25) is 11.9 Å². The van der Waals surface area contributed by atoms with Gasteiger partial charge in [-0.25, -0.2) is 23.1 Å². The fraction of sp³-hybridized carbons (Fsp3) is 0.590. The van der Waals surface area contributed by atoms with Crippen molar-refractivity contribution in [2.75, 3.05) is 18.0 Å². The van der Waals surface area contributed by atoms with E-state index in [1.54, 1.807) is 12.4 Å². The molecule has 7 nitrogen and oxygen atoms in total. The predicted octanol–water partition coefficient (Wildman–Crippen LogP) is 9.43. The van der Waals surface area contributed by atoms with Crippen molar-refractivity contribution in [3.05, 3.63) is 81.4 Å². The summed E-state index contributed by atoms with van der Waals surface area (Å²) in [4.78, 5) is 27.0. The standard InChI is InChI=1S/C39H46F6N4O3/c1-37(2)19-28-32(29(50)20-37)31(24-11-15-38(41,42)16-12-24)33(34(40)25-7-9-27(10-8-25)39(43,44)45)35(48-28)26-13-17-49(18-14-26)36-46-21-23(22-47-36)5-3-4-6-30(51)52/h7-10,21-22,24,26,29,34,50H,3-6,11-20H2,1-2H3,(H,51,52)/t29-,34?/m0/s1. The number of anilines is 1. The van der Waals surface area contributed by atoms with Gasteiger partial charge < -0.3 is 15.1 Å². The molecule has 0 spiro atoms. The Morgan fingerprint density at radius 2 is 1.60 bits per heavy atom. The van der Waals surface area contributed by atoms with Gasteiger partial charge in [-0.15, -0.1) is 0 Å². The normalized spacial score (nSPS) is 21.5. The maximum absolute atomic E-state index is 17.2. The van der Waals surface area contributed by atoms with Crippen LogP contribution in [0.15, 0.2) is 36.7 Å². The number of nitrogens with zero attached hydrogens (tertiary/aromatic N) is 4. The smallest absolute Gasteiger partial charge is 0.416 e. The number of aliphatic hydroxyl groups is 1. The van der Waals surface area contributed by atoms with Gasteiger partial charge in [0.15, 0.2) is 6.17 Å². The number of piperidine rings is 1. The molecule has 3 aliphatic rings. The van der Waals surface area contributed by atoms with Crippen molar-refractivity contribution in [1.29, 1.82) is 0 Å². The third-order valence-corrected chi connectivity index (χ3v) is 11.0. The van der Waals surface area contributed by atoms with E-state index >= 15 is 4.39 Å². The van der Waals surface area contributed by atoms with E-state index in [0.717, 1.165) is 29.8 Å². The quantitative estimate of drug-likeness (QED) is 0.158. The van der Waals surface area contributed by atoms with Gasteiger partial charge >= 0.3 is 12.1 Å². The zero-order valence-electron chi connectivity index (χ0n) is 29.5. The van der Waals surface area contributed by atoms with E-state index in [4.69, 9.17) is 10.1 Å². The van der Waals surface area contributed by atoms with E-state index in [9.17, 15) is 31.9 Å². The van der Waals surface area contributed by atoms with Crippen LogP contribution in [0.1, 0.15) is 147 Å². The Kier molecular flexibility index (Phi) is 10.9. The lowest BCUT2D eigenvalue weighted by Gasteiger charge is -2.41. The summed E-state index contributed by atoms with van der Waals surface area (Å²) in [5, 5.41) is 20.5. The first-order chi connectivity index (χ1) is 24.5. The Hall–Kier alpha value is -3.74. The lowest BCUT2D eigenvalue weighted by Crippen LogP contribution is -2.36. The third kappa shape index (κ3) is 8.55. The summed E-state index contributed by atoms with van der Waals surface area (Å²) >= 11 is 0. The molecule has 1 aliphatic heterocycles. The number of carboxylic acids is 1. The maximum atomic E-state index is 17.2. The Morgan fingerprint density at radius 1 is 0.962 bits per heavy atom. The van der Waals surface area contributed by atoms with Gasteiger partial charge in [0, 0.05) is 67.5 Å². The first-order valence-electron chi connectivity index (χ1n) is 18.2. The minimum atomic E-state index is -4.60. The zero-order chi connectivity index (χ0) is 37.4. The molecule has 3 aromatic rings. The first kappa shape index (κ1) is 38.0. The molecule has 2 fully saturated rings. The van der Waals surface area contributed by atoms with Crippen LogP contribution >= 0.6 is 0 Å². The molecule has 1 aromatic carbocycles. The number of benzene rings is 1. The van der Waals surface area contributed by atoms with Crippen molar-refractivity contribution in [3.63, 3.8) is 0 Å². The highest BCUT2D eigenvalue weighted by atomic mass is 19.4. The van der Waals surface area contributed by atoms with Gasteiger partial charge in [0.05, 0.1) is 17.4 Å². The largest absolute Gasteiger partial charge is 0.481 e. The van der Waals surface area contributed by atoms with Crippen molar-refractivity contribution in [1.82, 2.24) is 15.0 Å². The number of pyridine rings is 1. The number of carbonyl (C=O) groups is 1. The van der Waals surface area contributed by atoms with Crippen LogP contribution in [0.4, 0.5) is 32.3 Å². The number of hydrogen-bond acceptors (Lipinski definition) is 6. The van der Waals surface area contributed by atoms with E-state index in [1.807, 2.05) is 18.7 Å². The number of alkyl halides is 6. The van der Waals surface area contributed by atoms with Crippen molar-refractivity contribution < 1.29 is 41.4 Å². The van der Waals surface area contributed by atoms with Crippen LogP contribution in [-0.4, -0.2) is 50.1 Å². The number of rotatable bonds is 10. The number of hydrogen-bond donors (Lipinski definition) is 2. The maximum Gasteiger partial charge on any atom is 0.416 e. The molecule has 2 aliphatic carbocycles. The second kappa shape index (κ2) is 14.9. The SMILES string of the molecule is CC1(C)Cc2nc(C3CCN(c4ncc(CCCCC(=O)O)cn4)CC3)c(C(F)c3ccc(C(F)(F)F)cc3)c(C3CCC(F)(F)CC3)c2[C@@H](O)C1. The van der Waals surface area contributed by atoms with Crippen LogP contribution in [0.3, 0.4) is 0 Å². The number of halogens is 6. The minimum absolute atomic E-state index is 0.0119. The molecule has 1 saturated carbocycles. The highest BCUT2D eigenvalue weighted by molar-refractivity contribution is 5.66. The summed E-state index contributed by atoms with van der Waals surface area (Å²) in [6.07, 6.45) is -0.526. The lowest BCUT2D eigenvalue weighted by molar-refractivity contribution is -0.138. The van der Waals surface area contributed by atoms with E-state index < -0.39 is 41.8 Å². The van der Waals surface area contributed by atoms with Crippen molar-refractivity contribution in [2.45, 2.75) is 127 Å². The molecule has 1 saturated heterocycles. The molecule has 52 heavy (non-hydrogen) atoms. The number of aliphatic hydroxyl groups excluding tert-OH is 1. The summed E-state index contributed by atoms with van der Waals surface area (Å²) in [6, 6.07) is 3.96. The Bertz CT molecular complexity index is 1710. The third-order valence-electron chi connectivity index (χ3n) is 11.0. The second-order valence-electron chi connectivity index (χ2n) is 15.6. The van der Waals surface area contributed by atoms with Crippen molar-refractivity contribution >= 4 is 11.9 Å². The molecule has 1 unspecified atom stereocenters. The van der Waals surface area contributed by atoms with E-state index in [2.05, 4.69) is 9.97 Å². The Balaban J connectivity index is 1.35. The van der Waals surface area contributed by atoms with Crippen LogP contribution in [0.2, 0.25) is 0 Å². The van der Waals surface area contributed by atoms with E-state index in [1.165, 1.54) is 0 Å². The molecule has 0 radical (unpaired) electrons. The fourth-order valence-electron chi connectivity index (χ4n) is 8.31. The molecule has 282 valence electrons. The monoisotopic (exact) mass is 732 g/mol. The minimum Gasteiger partial charge on any atom is -0.481 e.